The predicted molar refractivity (Wildman–Crippen MR) is 124 cm³/mol. The van der Waals surface area contributed by atoms with Crippen molar-refractivity contribution in [2.75, 3.05) is 0 Å². The lowest BCUT2D eigenvalue weighted by Gasteiger charge is -2.30. The zero-order valence-corrected chi connectivity index (χ0v) is 17.7. The number of hydrogen-bond acceptors (Lipinski definition) is 2. The minimum Gasteiger partial charge on any atom is -0.384 e. The minimum absolute atomic E-state index is 0.725. The van der Waals surface area contributed by atoms with Crippen LogP contribution in [0.2, 0.25) is 0 Å². The van der Waals surface area contributed by atoms with Crippen molar-refractivity contribution in [1.82, 2.24) is 0 Å². The molecule has 0 aliphatic heterocycles. The average molecular weight is 397 g/mol. The molecule has 2 unspecified atom stereocenters. The van der Waals surface area contributed by atoms with Crippen molar-refractivity contribution in [1.29, 1.82) is 0 Å². The molecule has 2 atom stereocenters. The van der Waals surface area contributed by atoms with Gasteiger partial charge in [0.05, 0.1) is 0 Å². The van der Waals surface area contributed by atoms with Crippen LogP contribution < -0.4 is 0 Å². The molecule has 30 heavy (non-hydrogen) atoms. The Morgan fingerprint density at radius 3 is 1.30 bits per heavy atom. The van der Waals surface area contributed by atoms with Crippen LogP contribution in [0.15, 0.2) is 60.7 Å². The molecule has 0 bridgehead atoms. The van der Waals surface area contributed by atoms with E-state index in [1.54, 1.807) is 0 Å². The molecule has 4 aromatic rings. The van der Waals surface area contributed by atoms with Gasteiger partial charge in [0.25, 0.3) is 0 Å². The van der Waals surface area contributed by atoms with Crippen LogP contribution in [0.4, 0.5) is 0 Å². The molecule has 0 heterocycles. The van der Waals surface area contributed by atoms with Gasteiger partial charge in [0.2, 0.25) is 0 Å². The lowest BCUT2D eigenvalue weighted by atomic mass is 9.79. The summed E-state index contributed by atoms with van der Waals surface area (Å²) in [5.41, 5.74) is 6.08. The number of fused-ring (bicyclic) bond motifs is 4. The lowest BCUT2D eigenvalue weighted by Crippen LogP contribution is -2.18. The summed E-state index contributed by atoms with van der Waals surface area (Å²) in [5.74, 6) is 0. The van der Waals surface area contributed by atoms with Gasteiger partial charge >= 0.3 is 0 Å². The van der Waals surface area contributed by atoms with Crippen molar-refractivity contribution < 1.29 is 10.2 Å². The van der Waals surface area contributed by atoms with Gasteiger partial charge in [-0.05, 0) is 92.0 Å². The fourth-order valence-electron chi connectivity index (χ4n) is 5.04. The molecule has 152 valence electrons. The molecule has 2 N–H and O–H groups in total. The van der Waals surface area contributed by atoms with Gasteiger partial charge in [-0.25, -0.2) is 0 Å². The van der Waals surface area contributed by atoms with Gasteiger partial charge in [0.1, 0.15) is 12.2 Å². The number of benzene rings is 4. The van der Waals surface area contributed by atoms with Gasteiger partial charge in [-0.1, -0.05) is 63.1 Å². The molecule has 0 radical (unpaired) electrons. The van der Waals surface area contributed by atoms with Crippen molar-refractivity contribution in [3.05, 3.63) is 94.0 Å². The third kappa shape index (κ3) is 3.03. The van der Waals surface area contributed by atoms with E-state index in [-0.39, 0.29) is 0 Å². The molecule has 0 amide bonds. The van der Waals surface area contributed by atoms with Gasteiger partial charge in [0, 0.05) is 0 Å². The summed E-state index contributed by atoms with van der Waals surface area (Å²) in [4.78, 5) is 0. The molecule has 5 rings (SSSR count). The zero-order chi connectivity index (χ0) is 20.8. The number of aliphatic hydroxyl groups is 2. The third-order valence-corrected chi connectivity index (χ3v) is 6.53. The summed E-state index contributed by atoms with van der Waals surface area (Å²) < 4.78 is 0. The smallest absolute Gasteiger partial charge is 0.105 e. The van der Waals surface area contributed by atoms with E-state index in [9.17, 15) is 10.2 Å². The molecule has 2 nitrogen and oxygen atoms in total. The van der Waals surface area contributed by atoms with Crippen LogP contribution in [0.25, 0.3) is 21.5 Å². The second-order valence-electron chi connectivity index (χ2n) is 8.58. The number of hydrogen-bond donors (Lipinski definition) is 2. The maximum atomic E-state index is 11.3. The van der Waals surface area contributed by atoms with Crippen LogP contribution in [0.5, 0.6) is 0 Å². The fraction of sp³-hybridized carbons (Fsp3) is 0.286. The van der Waals surface area contributed by atoms with Crippen molar-refractivity contribution in [3.8, 4) is 0 Å². The first-order valence-electron chi connectivity index (χ1n) is 11.1. The lowest BCUT2D eigenvalue weighted by molar-refractivity contribution is 0.174. The molecule has 2 heteroatoms. The van der Waals surface area contributed by atoms with E-state index in [1.807, 2.05) is 24.3 Å². The molecule has 1 aliphatic rings. The van der Waals surface area contributed by atoms with Crippen LogP contribution in [0.3, 0.4) is 0 Å². The highest BCUT2D eigenvalue weighted by Gasteiger charge is 2.31. The van der Waals surface area contributed by atoms with E-state index in [0.29, 0.717) is 0 Å². The zero-order valence-electron chi connectivity index (χ0n) is 17.7. The van der Waals surface area contributed by atoms with Gasteiger partial charge < -0.3 is 10.2 Å². The first kappa shape index (κ1) is 19.3. The Morgan fingerprint density at radius 2 is 0.933 bits per heavy atom. The average Bonchev–Trinajstić information content (AvgIpc) is 2.76. The van der Waals surface area contributed by atoms with Gasteiger partial charge in [-0.3, -0.25) is 0 Å². The largest absolute Gasteiger partial charge is 0.384 e. The minimum atomic E-state index is -0.725. The van der Waals surface area contributed by atoms with Crippen LogP contribution >= 0.6 is 0 Å². The van der Waals surface area contributed by atoms with Gasteiger partial charge in [-0.2, -0.15) is 0 Å². The van der Waals surface area contributed by atoms with Crippen molar-refractivity contribution in [2.24, 2.45) is 0 Å². The highest BCUT2D eigenvalue weighted by molar-refractivity contribution is 5.88. The van der Waals surface area contributed by atoms with Crippen molar-refractivity contribution in [2.45, 2.75) is 51.7 Å². The normalized spacial score (nSPS) is 17.9. The second kappa shape index (κ2) is 7.54. The highest BCUT2D eigenvalue weighted by atomic mass is 16.3. The molecule has 0 saturated carbocycles. The first-order valence-corrected chi connectivity index (χ1v) is 11.1. The monoisotopic (exact) mass is 396 g/mol. The van der Waals surface area contributed by atoms with E-state index in [0.717, 1.165) is 69.5 Å². The summed E-state index contributed by atoms with van der Waals surface area (Å²) in [7, 11) is 0. The topological polar surface area (TPSA) is 40.5 Å². The summed E-state index contributed by atoms with van der Waals surface area (Å²) in [6.45, 7) is 4.43. The molecular weight excluding hydrogens is 368 g/mol. The Kier molecular flexibility index (Phi) is 4.85. The van der Waals surface area contributed by atoms with Crippen LogP contribution in [0, 0.1) is 0 Å². The molecular formula is C28H28O2. The second-order valence-corrected chi connectivity index (χ2v) is 8.58. The summed E-state index contributed by atoms with van der Waals surface area (Å²) in [6, 6.07) is 20.9. The molecule has 1 aliphatic carbocycles. The number of aryl methyl sites for hydroxylation is 2. The third-order valence-electron chi connectivity index (χ3n) is 6.53. The Hall–Kier alpha value is -2.68. The van der Waals surface area contributed by atoms with Crippen molar-refractivity contribution >= 4 is 21.5 Å². The molecule has 0 spiro atoms. The number of rotatable bonds is 4. The molecule has 0 fully saturated rings. The standard InChI is InChI=1S/C28H28O2/c1-3-7-17-11-21-15-25-26(16-22(21)12-18(17)8-4-2)28(30)24-14-20-10-6-5-9-19(20)13-23(24)27(25)29/h5-6,9-16,27-30H,3-4,7-8H2,1-2H3. The van der Waals surface area contributed by atoms with Crippen molar-refractivity contribution in [3.63, 3.8) is 0 Å². The predicted octanol–water partition coefficient (Wildman–Crippen LogP) is 6.37. The quantitative estimate of drug-likeness (QED) is 0.420. The summed E-state index contributed by atoms with van der Waals surface area (Å²) in [6.07, 6.45) is 2.93. The van der Waals surface area contributed by atoms with Gasteiger partial charge in [-0.15, -0.1) is 0 Å². The summed E-state index contributed by atoms with van der Waals surface area (Å²) >= 11 is 0. The number of aliphatic hydroxyl groups excluding tert-OH is 2. The van der Waals surface area contributed by atoms with Gasteiger partial charge in [0.15, 0.2) is 0 Å². The van der Waals surface area contributed by atoms with Crippen LogP contribution in [-0.4, -0.2) is 10.2 Å². The maximum absolute atomic E-state index is 11.3. The Labute approximate surface area is 177 Å². The molecule has 4 aromatic carbocycles. The SMILES string of the molecule is CCCc1cc2cc3c(cc2cc1CCC)C(O)c1cc2ccccc2cc1C3O. The molecule has 0 saturated heterocycles. The van der Waals surface area contributed by atoms with E-state index >= 15 is 0 Å². The van der Waals surface area contributed by atoms with E-state index < -0.39 is 12.2 Å². The fourth-order valence-corrected chi connectivity index (χ4v) is 5.04. The Balaban J connectivity index is 1.70. The Bertz CT molecular complexity index is 1160. The molecule has 0 aromatic heterocycles. The Morgan fingerprint density at radius 1 is 0.567 bits per heavy atom. The summed E-state index contributed by atoms with van der Waals surface area (Å²) in [5, 5.41) is 27.0. The first-order chi connectivity index (χ1) is 14.6. The van der Waals surface area contributed by atoms with E-state index in [2.05, 4.69) is 50.2 Å². The maximum Gasteiger partial charge on any atom is 0.105 e. The highest BCUT2D eigenvalue weighted by Crippen LogP contribution is 2.44. The van der Waals surface area contributed by atoms with E-state index in [1.165, 1.54) is 11.1 Å². The van der Waals surface area contributed by atoms with Crippen LogP contribution in [-0.2, 0) is 12.8 Å². The van der Waals surface area contributed by atoms with E-state index in [4.69, 9.17) is 0 Å². The van der Waals surface area contributed by atoms with Crippen LogP contribution in [0.1, 0.15) is 72.3 Å².